The number of nitrogens with zero attached hydrogens (tertiary/aromatic N) is 2. The van der Waals surface area contributed by atoms with Crippen LogP contribution < -0.4 is 5.14 Å². The Bertz CT molecular complexity index is 1330. The number of primary sulfonamides is 1. The molecular formula is C22H16F3N3O2S. The molecular weight excluding hydrogens is 427 g/mol. The summed E-state index contributed by atoms with van der Waals surface area (Å²) in [5.74, 6) is 0. The molecule has 0 saturated carbocycles. The first kappa shape index (κ1) is 20.8. The largest absolute Gasteiger partial charge is 0.417 e. The van der Waals surface area contributed by atoms with Crippen molar-refractivity contribution in [2.24, 2.45) is 5.14 Å². The van der Waals surface area contributed by atoms with Crippen LogP contribution in [0.25, 0.3) is 28.1 Å². The van der Waals surface area contributed by atoms with Crippen LogP contribution in [0.15, 0.2) is 90.2 Å². The zero-order valence-corrected chi connectivity index (χ0v) is 16.7. The fraction of sp³-hybridized carbons (Fsp3) is 0.0455. The first-order valence-electron chi connectivity index (χ1n) is 9.07. The summed E-state index contributed by atoms with van der Waals surface area (Å²) < 4.78 is 65.6. The smallest absolute Gasteiger partial charge is 0.306 e. The highest BCUT2D eigenvalue weighted by molar-refractivity contribution is 7.89. The molecule has 0 saturated heterocycles. The molecule has 9 heteroatoms. The molecule has 0 radical (unpaired) electrons. The summed E-state index contributed by atoms with van der Waals surface area (Å²) in [6, 6.07) is 18.2. The minimum Gasteiger partial charge on any atom is -0.306 e. The van der Waals surface area contributed by atoms with Crippen molar-refractivity contribution < 1.29 is 21.6 Å². The number of rotatable bonds is 4. The van der Waals surface area contributed by atoms with E-state index >= 15 is 0 Å². The van der Waals surface area contributed by atoms with Gasteiger partial charge in [0.25, 0.3) is 0 Å². The van der Waals surface area contributed by atoms with Crippen LogP contribution in [-0.2, 0) is 16.2 Å². The van der Waals surface area contributed by atoms with Gasteiger partial charge in [0, 0.05) is 17.4 Å². The summed E-state index contributed by atoms with van der Waals surface area (Å²) in [4.78, 5) is 4.17. The Morgan fingerprint density at radius 3 is 2.16 bits per heavy atom. The van der Waals surface area contributed by atoms with Crippen LogP contribution in [0.3, 0.4) is 0 Å². The molecule has 4 rings (SSSR count). The number of aromatic nitrogens is 2. The molecule has 0 unspecified atom stereocenters. The highest BCUT2D eigenvalue weighted by Gasteiger charge is 2.34. The maximum atomic E-state index is 13.7. The van der Waals surface area contributed by atoms with Gasteiger partial charge in [0.05, 0.1) is 22.5 Å². The Morgan fingerprint density at radius 1 is 0.871 bits per heavy atom. The quantitative estimate of drug-likeness (QED) is 0.489. The SMILES string of the molecule is NS(=O)(=O)c1ccc(-n2cnc(-c3ccc(-c4ccccc4)c(C(F)(F)F)c3)c2)cc1. The van der Waals surface area contributed by atoms with E-state index in [1.165, 1.54) is 36.7 Å². The van der Waals surface area contributed by atoms with Crippen molar-refractivity contribution in [1.29, 1.82) is 0 Å². The maximum Gasteiger partial charge on any atom is 0.417 e. The molecule has 0 aliphatic rings. The summed E-state index contributed by atoms with van der Waals surface area (Å²) in [6.07, 6.45) is -1.52. The number of benzene rings is 3. The molecule has 0 fully saturated rings. The fourth-order valence-corrected chi connectivity index (χ4v) is 3.74. The van der Waals surface area contributed by atoms with Crippen molar-refractivity contribution in [3.05, 3.63) is 90.9 Å². The first-order chi connectivity index (χ1) is 14.6. The molecule has 0 amide bonds. The van der Waals surface area contributed by atoms with Gasteiger partial charge in [-0.2, -0.15) is 13.2 Å². The summed E-state index contributed by atoms with van der Waals surface area (Å²) in [5.41, 5.74) is 1.07. The zero-order chi connectivity index (χ0) is 22.2. The lowest BCUT2D eigenvalue weighted by Crippen LogP contribution is -2.11. The van der Waals surface area contributed by atoms with Gasteiger partial charge in [-0.3, -0.25) is 0 Å². The van der Waals surface area contributed by atoms with Crippen molar-refractivity contribution in [1.82, 2.24) is 9.55 Å². The third kappa shape index (κ3) is 4.37. The first-order valence-corrected chi connectivity index (χ1v) is 10.6. The van der Waals surface area contributed by atoms with Gasteiger partial charge < -0.3 is 4.57 Å². The fourth-order valence-electron chi connectivity index (χ4n) is 3.23. The van der Waals surface area contributed by atoms with E-state index in [0.717, 1.165) is 6.07 Å². The Morgan fingerprint density at radius 2 is 1.55 bits per heavy atom. The van der Waals surface area contributed by atoms with Gasteiger partial charge in [-0.15, -0.1) is 0 Å². The van der Waals surface area contributed by atoms with Crippen LogP contribution in [0, 0.1) is 0 Å². The van der Waals surface area contributed by atoms with E-state index < -0.39 is 21.8 Å². The van der Waals surface area contributed by atoms with Crippen LogP contribution in [-0.4, -0.2) is 18.0 Å². The Hall–Kier alpha value is -3.43. The summed E-state index contributed by atoms with van der Waals surface area (Å²) in [5, 5.41) is 5.09. The third-order valence-corrected chi connectivity index (χ3v) is 5.68. The van der Waals surface area contributed by atoms with Crippen LogP contribution in [0.5, 0.6) is 0 Å². The normalized spacial score (nSPS) is 12.1. The van der Waals surface area contributed by atoms with Crippen LogP contribution in [0.1, 0.15) is 5.56 Å². The number of imidazole rings is 1. The molecule has 2 N–H and O–H groups in total. The topological polar surface area (TPSA) is 78.0 Å². The van der Waals surface area contributed by atoms with Gasteiger partial charge >= 0.3 is 6.18 Å². The van der Waals surface area contributed by atoms with Crippen LogP contribution in [0.2, 0.25) is 0 Å². The molecule has 0 atom stereocenters. The predicted octanol–water partition coefficient (Wildman–Crippen LogP) is 4.87. The number of alkyl halides is 3. The van der Waals surface area contributed by atoms with Gasteiger partial charge in [-0.25, -0.2) is 18.5 Å². The summed E-state index contributed by atoms with van der Waals surface area (Å²) in [7, 11) is -3.82. The molecule has 0 spiro atoms. The predicted molar refractivity (Wildman–Crippen MR) is 111 cm³/mol. The molecule has 0 aliphatic carbocycles. The molecule has 5 nitrogen and oxygen atoms in total. The number of hydrogen-bond acceptors (Lipinski definition) is 3. The van der Waals surface area contributed by atoms with Crippen LogP contribution >= 0.6 is 0 Å². The standard InChI is InChI=1S/C22H16F3N3O2S/c23-22(24,25)20-12-16(6-11-19(20)15-4-2-1-3-5-15)21-13-28(14-27-21)17-7-9-18(10-8-17)31(26,29)30/h1-14H,(H2,26,29,30). The van der Waals surface area contributed by atoms with Gasteiger partial charge in [-0.05, 0) is 41.5 Å². The third-order valence-electron chi connectivity index (χ3n) is 4.75. The zero-order valence-electron chi connectivity index (χ0n) is 15.9. The molecule has 0 bridgehead atoms. The Kier molecular flexibility index (Phi) is 5.16. The number of halogens is 3. The maximum absolute atomic E-state index is 13.7. The lowest BCUT2D eigenvalue weighted by molar-refractivity contribution is -0.137. The molecule has 1 heterocycles. The lowest BCUT2D eigenvalue weighted by atomic mass is 9.96. The second-order valence-electron chi connectivity index (χ2n) is 6.83. The van der Waals surface area contributed by atoms with Crippen molar-refractivity contribution in [3.63, 3.8) is 0 Å². The summed E-state index contributed by atoms with van der Waals surface area (Å²) >= 11 is 0. The van der Waals surface area contributed by atoms with E-state index in [9.17, 15) is 21.6 Å². The van der Waals surface area contributed by atoms with Gasteiger partial charge in [-0.1, -0.05) is 42.5 Å². The van der Waals surface area contributed by atoms with Crippen LogP contribution in [0.4, 0.5) is 13.2 Å². The lowest BCUT2D eigenvalue weighted by Gasteiger charge is -2.14. The molecule has 158 valence electrons. The second-order valence-corrected chi connectivity index (χ2v) is 8.39. The Balaban J connectivity index is 1.72. The van der Waals surface area contributed by atoms with Crippen molar-refractivity contribution in [2.45, 2.75) is 11.1 Å². The van der Waals surface area contributed by atoms with E-state index in [4.69, 9.17) is 5.14 Å². The average molecular weight is 443 g/mol. The minimum absolute atomic E-state index is 0.0390. The molecule has 3 aromatic carbocycles. The number of hydrogen-bond donors (Lipinski definition) is 1. The average Bonchev–Trinajstić information content (AvgIpc) is 3.23. The van der Waals surface area contributed by atoms with Gasteiger partial charge in [0.1, 0.15) is 0 Å². The molecule has 1 aromatic heterocycles. The van der Waals surface area contributed by atoms with Gasteiger partial charge in [0.15, 0.2) is 0 Å². The van der Waals surface area contributed by atoms with Crippen molar-refractivity contribution in [3.8, 4) is 28.1 Å². The highest BCUT2D eigenvalue weighted by atomic mass is 32.2. The molecule has 31 heavy (non-hydrogen) atoms. The van der Waals surface area contributed by atoms with E-state index in [1.54, 1.807) is 47.2 Å². The van der Waals surface area contributed by atoms with Gasteiger partial charge in [0.2, 0.25) is 10.0 Å². The number of nitrogens with two attached hydrogens (primary N) is 1. The van der Waals surface area contributed by atoms with E-state index in [0.29, 0.717) is 22.5 Å². The minimum atomic E-state index is -4.53. The van der Waals surface area contributed by atoms with Crippen molar-refractivity contribution >= 4 is 10.0 Å². The van der Waals surface area contributed by atoms with E-state index in [2.05, 4.69) is 4.98 Å². The van der Waals surface area contributed by atoms with E-state index in [1.807, 2.05) is 0 Å². The highest BCUT2D eigenvalue weighted by Crippen LogP contribution is 2.39. The van der Waals surface area contributed by atoms with E-state index in [-0.39, 0.29) is 10.5 Å². The second kappa shape index (κ2) is 7.68. The molecule has 0 aliphatic heterocycles. The Labute approximate surface area is 176 Å². The molecule has 4 aromatic rings. The van der Waals surface area contributed by atoms with Crippen molar-refractivity contribution in [2.75, 3.05) is 0 Å². The monoisotopic (exact) mass is 443 g/mol. The summed E-state index contributed by atoms with van der Waals surface area (Å²) in [6.45, 7) is 0. The number of sulfonamides is 1.